The van der Waals surface area contributed by atoms with Gasteiger partial charge in [-0.1, -0.05) is 13.0 Å². The van der Waals surface area contributed by atoms with E-state index in [9.17, 15) is 13.5 Å². The van der Waals surface area contributed by atoms with Crippen LogP contribution in [0, 0.1) is 5.92 Å². The van der Waals surface area contributed by atoms with E-state index in [2.05, 4.69) is 30.3 Å². The minimum absolute atomic E-state index is 0.00514. The molecule has 0 aromatic heterocycles. The van der Waals surface area contributed by atoms with Crippen LogP contribution in [0.15, 0.2) is 18.2 Å². The minimum Gasteiger partial charge on any atom is -0.508 e. The van der Waals surface area contributed by atoms with Crippen LogP contribution in [0.4, 0.5) is 0 Å². The standard InChI is InChI=1S/C23H37N3O3S/c1-16(2)30(28,29)26-10-7-17(8-11-26)15-24-22-21-13-18-5-6-19(27)14-20(18)23(22,3)9-12-25(21)4/h5-6,14,16-17,21-22,24,27H,7-13,15H2,1-4H3/t21-,22+,23-/m1/s1. The molecule has 0 saturated carbocycles. The molecule has 1 aromatic carbocycles. The molecule has 2 fully saturated rings. The highest BCUT2D eigenvalue weighted by Gasteiger charge is 2.49. The average Bonchev–Trinajstić information content (AvgIpc) is 2.71. The fraction of sp³-hybridized carbons (Fsp3) is 0.739. The molecule has 1 aromatic rings. The van der Waals surface area contributed by atoms with Gasteiger partial charge in [-0.3, -0.25) is 0 Å². The van der Waals surface area contributed by atoms with E-state index in [-0.39, 0.29) is 10.7 Å². The van der Waals surface area contributed by atoms with Gasteiger partial charge in [0.2, 0.25) is 10.0 Å². The summed E-state index contributed by atoms with van der Waals surface area (Å²) in [6.45, 7) is 9.13. The Hall–Kier alpha value is -1.15. The number of hydrogen-bond acceptors (Lipinski definition) is 5. The Morgan fingerprint density at radius 3 is 2.60 bits per heavy atom. The molecule has 2 heterocycles. The second kappa shape index (κ2) is 8.08. The van der Waals surface area contributed by atoms with Gasteiger partial charge in [0.1, 0.15) is 5.75 Å². The highest BCUT2D eigenvalue weighted by molar-refractivity contribution is 7.89. The van der Waals surface area contributed by atoms with Crippen molar-refractivity contribution in [3.05, 3.63) is 29.3 Å². The lowest BCUT2D eigenvalue weighted by molar-refractivity contribution is 0.0620. The second-order valence-electron chi connectivity index (χ2n) is 10.1. The third-order valence-corrected chi connectivity index (χ3v) is 10.2. The number of likely N-dealkylation sites (N-methyl/N-ethyl adjacent to an activating group) is 1. The van der Waals surface area contributed by atoms with Gasteiger partial charge in [0.05, 0.1) is 5.25 Å². The Morgan fingerprint density at radius 2 is 1.93 bits per heavy atom. The molecule has 2 bridgehead atoms. The number of rotatable bonds is 5. The van der Waals surface area contributed by atoms with Gasteiger partial charge < -0.3 is 15.3 Å². The van der Waals surface area contributed by atoms with Crippen molar-refractivity contribution in [2.45, 2.75) is 69.2 Å². The summed E-state index contributed by atoms with van der Waals surface area (Å²) in [7, 11) is -0.921. The molecule has 0 amide bonds. The fourth-order valence-corrected chi connectivity index (χ4v) is 7.12. The summed E-state index contributed by atoms with van der Waals surface area (Å²) >= 11 is 0. The molecular formula is C23H37N3O3S. The molecule has 6 nitrogen and oxygen atoms in total. The van der Waals surface area contributed by atoms with Crippen molar-refractivity contribution in [3.8, 4) is 5.75 Å². The third kappa shape index (κ3) is 3.78. The lowest BCUT2D eigenvalue weighted by atomic mass is 9.61. The predicted molar refractivity (Wildman–Crippen MR) is 120 cm³/mol. The van der Waals surface area contributed by atoms with Gasteiger partial charge in [0.25, 0.3) is 0 Å². The number of hydrogen-bond donors (Lipinski definition) is 2. The van der Waals surface area contributed by atoms with Gasteiger partial charge in [-0.15, -0.1) is 0 Å². The van der Waals surface area contributed by atoms with Crippen LogP contribution in [0.1, 0.15) is 51.2 Å². The maximum atomic E-state index is 12.4. The normalized spacial score (nSPS) is 31.1. The van der Waals surface area contributed by atoms with Gasteiger partial charge in [-0.25, -0.2) is 12.7 Å². The highest BCUT2D eigenvalue weighted by Crippen LogP contribution is 2.45. The molecule has 1 aliphatic carbocycles. The molecule has 30 heavy (non-hydrogen) atoms. The molecule has 0 radical (unpaired) electrons. The Morgan fingerprint density at radius 1 is 1.23 bits per heavy atom. The third-order valence-electron chi connectivity index (χ3n) is 7.91. The number of nitrogens with one attached hydrogen (secondary N) is 1. The first-order valence-corrected chi connectivity index (χ1v) is 12.9. The van der Waals surface area contributed by atoms with Gasteiger partial charge in [0, 0.05) is 30.6 Å². The van der Waals surface area contributed by atoms with Gasteiger partial charge in [-0.2, -0.15) is 0 Å². The number of nitrogens with zero attached hydrogens (tertiary/aromatic N) is 2. The van der Waals surface area contributed by atoms with Crippen LogP contribution in [0.5, 0.6) is 5.75 Å². The molecule has 0 spiro atoms. The number of benzene rings is 1. The molecule has 7 heteroatoms. The van der Waals surface area contributed by atoms with E-state index in [0.29, 0.717) is 36.8 Å². The van der Waals surface area contributed by atoms with Gasteiger partial charge >= 0.3 is 0 Å². The van der Waals surface area contributed by atoms with Crippen LogP contribution < -0.4 is 5.32 Å². The molecule has 3 aliphatic rings. The zero-order chi connectivity index (χ0) is 21.7. The summed E-state index contributed by atoms with van der Waals surface area (Å²) in [6, 6.07) is 6.66. The Kier molecular flexibility index (Phi) is 5.94. The zero-order valence-electron chi connectivity index (χ0n) is 18.8. The quantitative estimate of drug-likeness (QED) is 0.743. The number of sulfonamides is 1. The first-order valence-electron chi connectivity index (χ1n) is 11.4. The lowest BCUT2D eigenvalue weighted by Gasteiger charge is -2.55. The fourth-order valence-electron chi connectivity index (χ4n) is 5.81. The van der Waals surface area contributed by atoms with Crippen molar-refractivity contribution in [1.82, 2.24) is 14.5 Å². The molecular weight excluding hydrogens is 398 g/mol. The van der Waals surface area contributed by atoms with Crippen molar-refractivity contribution in [2.24, 2.45) is 5.92 Å². The topological polar surface area (TPSA) is 72.9 Å². The molecule has 3 atom stereocenters. The van der Waals surface area contributed by atoms with Crippen molar-refractivity contribution in [1.29, 1.82) is 0 Å². The molecule has 2 aliphatic heterocycles. The summed E-state index contributed by atoms with van der Waals surface area (Å²) in [6.07, 6.45) is 3.91. The predicted octanol–water partition coefficient (Wildman–Crippen LogP) is 2.32. The largest absolute Gasteiger partial charge is 0.508 e. The van der Waals surface area contributed by atoms with Crippen molar-refractivity contribution in [3.63, 3.8) is 0 Å². The van der Waals surface area contributed by atoms with Crippen LogP contribution in [0.25, 0.3) is 0 Å². The van der Waals surface area contributed by atoms with E-state index in [1.165, 1.54) is 11.1 Å². The number of phenols is 1. The van der Waals surface area contributed by atoms with E-state index in [0.717, 1.165) is 38.8 Å². The molecule has 2 N–H and O–H groups in total. The van der Waals surface area contributed by atoms with Crippen LogP contribution in [0.3, 0.4) is 0 Å². The smallest absolute Gasteiger partial charge is 0.216 e. The molecule has 168 valence electrons. The zero-order valence-corrected chi connectivity index (χ0v) is 19.6. The number of aromatic hydroxyl groups is 1. The van der Waals surface area contributed by atoms with E-state index in [1.54, 1.807) is 18.2 Å². The summed E-state index contributed by atoms with van der Waals surface area (Å²) in [4.78, 5) is 2.48. The van der Waals surface area contributed by atoms with E-state index < -0.39 is 10.0 Å². The lowest BCUT2D eigenvalue weighted by Crippen LogP contribution is -2.66. The van der Waals surface area contributed by atoms with Crippen molar-refractivity contribution >= 4 is 10.0 Å². The SMILES string of the molecule is CC(C)S(=O)(=O)N1CCC(CN[C@H]2[C@H]3Cc4ccc(O)cc4[C@@]2(C)CCN3C)CC1. The Balaban J connectivity index is 1.45. The minimum atomic E-state index is -3.14. The van der Waals surface area contributed by atoms with Gasteiger partial charge in [0.15, 0.2) is 0 Å². The maximum absolute atomic E-state index is 12.4. The Labute approximate surface area is 181 Å². The van der Waals surface area contributed by atoms with Crippen LogP contribution in [-0.2, 0) is 21.9 Å². The highest BCUT2D eigenvalue weighted by atomic mass is 32.2. The average molecular weight is 436 g/mol. The van der Waals surface area contributed by atoms with Gasteiger partial charge in [-0.05, 0) is 88.8 Å². The molecule has 2 saturated heterocycles. The summed E-state index contributed by atoms with van der Waals surface area (Å²) < 4.78 is 26.6. The second-order valence-corrected chi connectivity index (χ2v) is 12.6. The van der Waals surface area contributed by atoms with Crippen molar-refractivity contribution < 1.29 is 13.5 Å². The maximum Gasteiger partial charge on any atom is 0.216 e. The number of fused-ring (bicyclic) bond motifs is 4. The first-order chi connectivity index (χ1) is 14.1. The van der Waals surface area contributed by atoms with E-state index >= 15 is 0 Å². The van der Waals surface area contributed by atoms with E-state index in [4.69, 9.17) is 0 Å². The monoisotopic (exact) mass is 435 g/mol. The summed E-state index contributed by atoms with van der Waals surface area (Å²) in [5, 5.41) is 13.7. The van der Waals surface area contributed by atoms with E-state index in [1.807, 2.05) is 12.1 Å². The number of piperidine rings is 2. The van der Waals surface area contributed by atoms with Crippen molar-refractivity contribution in [2.75, 3.05) is 33.2 Å². The van der Waals surface area contributed by atoms with Crippen LogP contribution in [0.2, 0.25) is 0 Å². The summed E-state index contributed by atoms with van der Waals surface area (Å²) in [5.74, 6) is 0.855. The van der Waals surface area contributed by atoms with Crippen LogP contribution in [-0.4, -0.2) is 73.3 Å². The Bertz CT molecular complexity index is 880. The number of phenolic OH excluding ortho intramolecular Hbond substituents is 1. The van der Waals surface area contributed by atoms with Crippen LogP contribution >= 0.6 is 0 Å². The number of likely N-dealkylation sites (tertiary alicyclic amines) is 1. The molecule has 0 unspecified atom stereocenters. The first kappa shape index (κ1) is 22.1. The summed E-state index contributed by atoms with van der Waals surface area (Å²) in [5.41, 5.74) is 2.66. The molecule has 4 rings (SSSR count).